The van der Waals surface area contributed by atoms with Crippen LogP contribution in [0.15, 0.2) is 35.5 Å². The lowest BCUT2D eigenvalue weighted by Crippen LogP contribution is -2.33. The van der Waals surface area contributed by atoms with Crippen LogP contribution >= 0.6 is 11.3 Å². The fourth-order valence-corrected chi connectivity index (χ4v) is 3.68. The van der Waals surface area contributed by atoms with Crippen molar-refractivity contribution >= 4 is 23.2 Å². The summed E-state index contributed by atoms with van der Waals surface area (Å²) >= 11 is 1.43. The van der Waals surface area contributed by atoms with Crippen molar-refractivity contribution in [2.45, 2.75) is 33.2 Å². The maximum absolute atomic E-state index is 12.4. The van der Waals surface area contributed by atoms with Gasteiger partial charge < -0.3 is 9.47 Å². The molecule has 1 aliphatic rings. The van der Waals surface area contributed by atoms with Gasteiger partial charge in [-0.2, -0.15) is 4.99 Å². The van der Waals surface area contributed by atoms with Crippen LogP contribution in [0.25, 0.3) is 0 Å². The molecule has 5 nitrogen and oxygen atoms in total. The molecule has 2 heterocycles. The molecule has 24 heavy (non-hydrogen) atoms. The molecule has 0 unspecified atom stereocenters. The molecule has 0 saturated carbocycles. The molecule has 1 aromatic heterocycles. The molecule has 6 heteroatoms. The molecule has 0 aliphatic carbocycles. The van der Waals surface area contributed by atoms with E-state index in [0.717, 1.165) is 36.4 Å². The van der Waals surface area contributed by atoms with Crippen LogP contribution in [0, 0.1) is 13.8 Å². The van der Waals surface area contributed by atoms with Gasteiger partial charge in [0.15, 0.2) is 4.80 Å². The Morgan fingerprint density at radius 3 is 2.67 bits per heavy atom. The molecule has 1 aromatic carbocycles. The fraction of sp³-hybridized carbons (Fsp3) is 0.389. The molecule has 1 fully saturated rings. The summed E-state index contributed by atoms with van der Waals surface area (Å²) in [5.41, 5.74) is 1.59. The van der Waals surface area contributed by atoms with Gasteiger partial charge in [-0.05, 0) is 38.8 Å². The highest BCUT2D eigenvalue weighted by Crippen LogP contribution is 2.10. The average molecular weight is 343 g/mol. The van der Waals surface area contributed by atoms with Crippen LogP contribution in [-0.4, -0.2) is 34.4 Å². The lowest BCUT2D eigenvalue weighted by Gasteiger charge is -2.15. The summed E-state index contributed by atoms with van der Waals surface area (Å²) in [6.45, 7) is 5.80. The highest BCUT2D eigenvalue weighted by Gasteiger charge is 2.18. The number of benzene rings is 1. The Hall–Kier alpha value is -2.21. The van der Waals surface area contributed by atoms with Gasteiger partial charge in [-0.1, -0.05) is 17.7 Å². The summed E-state index contributed by atoms with van der Waals surface area (Å²) in [6.07, 6.45) is 4.03. The number of aromatic nitrogens is 1. The molecule has 1 aliphatic heterocycles. The second-order valence-electron chi connectivity index (χ2n) is 6.13. The van der Waals surface area contributed by atoms with Crippen LogP contribution in [0.4, 0.5) is 0 Å². The molecule has 2 amide bonds. The van der Waals surface area contributed by atoms with E-state index in [1.54, 1.807) is 10.6 Å². The average Bonchev–Trinajstić information content (AvgIpc) is 3.18. The van der Waals surface area contributed by atoms with Crippen LogP contribution in [0.2, 0.25) is 0 Å². The molecule has 0 spiro atoms. The Morgan fingerprint density at radius 1 is 1.21 bits per heavy atom. The van der Waals surface area contributed by atoms with Gasteiger partial charge in [-0.25, -0.2) is 0 Å². The Morgan fingerprint density at radius 2 is 1.96 bits per heavy atom. The first kappa shape index (κ1) is 16.6. The van der Waals surface area contributed by atoms with Gasteiger partial charge >= 0.3 is 0 Å². The van der Waals surface area contributed by atoms with Crippen LogP contribution in [0.3, 0.4) is 0 Å². The molecule has 1 saturated heterocycles. The molecule has 0 bridgehead atoms. The lowest BCUT2D eigenvalue weighted by molar-refractivity contribution is -0.130. The van der Waals surface area contributed by atoms with Gasteiger partial charge in [0.05, 0.1) is 0 Å². The van der Waals surface area contributed by atoms with Crippen molar-refractivity contribution < 1.29 is 9.59 Å². The van der Waals surface area contributed by atoms with E-state index in [9.17, 15) is 9.59 Å². The van der Waals surface area contributed by atoms with Crippen LogP contribution in [-0.2, 0) is 11.3 Å². The second-order valence-corrected chi connectivity index (χ2v) is 7.34. The zero-order valence-electron chi connectivity index (χ0n) is 14.0. The number of likely N-dealkylation sites (tertiary alicyclic amines) is 1. The van der Waals surface area contributed by atoms with E-state index in [1.165, 1.54) is 11.3 Å². The number of hydrogen-bond acceptors (Lipinski definition) is 3. The van der Waals surface area contributed by atoms with Crippen LogP contribution in [0.5, 0.6) is 0 Å². The minimum Gasteiger partial charge on any atom is -0.341 e. The number of nitrogens with zero attached hydrogens (tertiary/aromatic N) is 3. The third-order valence-electron chi connectivity index (χ3n) is 4.06. The van der Waals surface area contributed by atoms with Crippen molar-refractivity contribution in [3.8, 4) is 0 Å². The summed E-state index contributed by atoms with van der Waals surface area (Å²) in [7, 11) is 0. The number of hydrogen-bond donors (Lipinski definition) is 0. The van der Waals surface area contributed by atoms with E-state index >= 15 is 0 Å². The number of amides is 2. The number of carbonyl (C=O) groups is 2. The van der Waals surface area contributed by atoms with Gasteiger partial charge in [-0.15, -0.1) is 11.3 Å². The molecule has 0 radical (unpaired) electrons. The highest BCUT2D eigenvalue weighted by atomic mass is 32.1. The van der Waals surface area contributed by atoms with E-state index in [-0.39, 0.29) is 18.4 Å². The zero-order chi connectivity index (χ0) is 17.1. The van der Waals surface area contributed by atoms with Gasteiger partial charge in [0.1, 0.15) is 6.54 Å². The first-order chi connectivity index (χ1) is 11.5. The molecule has 0 N–H and O–H groups in total. The number of carbonyl (C=O) groups excluding carboxylic acids is 2. The van der Waals surface area contributed by atoms with E-state index in [2.05, 4.69) is 4.99 Å². The number of aryl methyl sites for hydroxylation is 2. The molecule has 2 aromatic rings. The normalized spacial score (nSPS) is 15.1. The summed E-state index contributed by atoms with van der Waals surface area (Å²) in [5.74, 6) is -0.183. The van der Waals surface area contributed by atoms with Crippen molar-refractivity contribution in [3.63, 3.8) is 0 Å². The zero-order valence-corrected chi connectivity index (χ0v) is 14.8. The molecule has 3 rings (SSSR count). The maximum Gasteiger partial charge on any atom is 0.279 e. The Balaban J connectivity index is 1.85. The topological polar surface area (TPSA) is 54.7 Å². The Labute approximate surface area is 145 Å². The van der Waals surface area contributed by atoms with Crippen LogP contribution < -0.4 is 4.80 Å². The van der Waals surface area contributed by atoms with Crippen molar-refractivity contribution in [1.29, 1.82) is 0 Å². The molecule has 0 atom stereocenters. The van der Waals surface area contributed by atoms with Crippen molar-refractivity contribution in [1.82, 2.24) is 9.47 Å². The highest BCUT2D eigenvalue weighted by molar-refractivity contribution is 7.09. The predicted octanol–water partition coefficient (Wildman–Crippen LogP) is 2.53. The Kier molecular flexibility index (Phi) is 4.94. The summed E-state index contributed by atoms with van der Waals surface area (Å²) in [6, 6.07) is 7.38. The predicted molar refractivity (Wildman–Crippen MR) is 93.9 cm³/mol. The third-order valence-corrected chi connectivity index (χ3v) is 5.00. The number of thiazole rings is 1. The number of rotatable bonds is 3. The summed E-state index contributed by atoms with van der Waals surface area (Å²) in [4.78, 5) is 32.5. The summed E-state index contributed by atoms with van der Waals surface area (Å²) < 4.78 is 1.79. The van der Waals surface area contributed by atoms with Gasteiger partial charge in [0.25, 0.3) is 5.91 Å². The van der Waals surface area contributed by atoms with E-state index in [4.69, 9.17) is 0 Å². The third kappa shape index (κ3) is 3.82. The van der Waals surface area contributed by atoms with Crippen molar-refractivity contribution in [3.05, 3.63) is 51.3 Å². The fourth-order valence-electron chi connectivity index (χ4n) is 2.85. The summed E-state index contributed by atoms with van der Waals surface area (Å²) in [5, 5.41) is 0. The van der Waals surface area contributed by atoms with Gasteiger partial charge in [0, 0.05) is 29.7 Å². The van der Waals surface area contributed by atoms with Crippen LogP contribution in [0.1, 0.15) is 33.6 Å². The standard InChI is InChI=1S/C18H21N3O2S/c1-13-6-5-7-15(10-13)17(23)19-18-21(11-14(2)24-18)12-16(22)20-8-3-4-9-20/h5-7,10-11H,3-4,8-9,12H2,1-2H3. The van der Waals surface area contributed by atoms with E-state index in [0.29, 0.717) is 10.4 Å². The lowest BCUT2D eigenvalue weighted by atomic mass is 10.1. The quantitative estimate of drug-likeness (QED) is 0.860. The molecular formula is C18H21N3O2S. The maximum atomic E-state index is 12.4. The molecular weight excluding hydrogens is 322 g/mol. The Bertz CT molecular complexity index is 829. The van der Waals surface area contributed by atoms with Gasteiger partial charge in [0.2, 0.25) is 5.91 Å². The van der Waals surface area contributed by atoms with E-state index < -0.39 is 0 Å². The minimum atomic E-state index is -0.275. The first-order valence-corrected chi connectivity index (χ1v) is 8.95. The molecule has 126 valence electrons. The van der Waals surface area contributed by atoms with Crippen molar-refractivity contribution in [2.24, 2.45) is 4.99 Å². The second kappa shape index (κ2) is 7.13. The van der Waals surface area contributed by atoms with Crippen molar-refractivity contribution in [2.75, 3.05) is 13.1 Å². The monoisotopic (exact) mass is 343 g/mol. The minimum absolute atomic E-state index is 0.0924. The smallest absolute Gasteiger partial charge is 0.279 e. The van der Waals surface area contributed by atoms with E-state index in [1.807, 2.05) is 43.1 Å². The largest absolute Gasteiger partial charge is 0.341 e. The SMILES string of the molecule is Cc1cccc(C(=O)N=c2sc(C)cn2CC(=O)N2CCCC2)c1. The first-order valence-electron chi connectivity index (χ1n) is 8.13. The van der Waals surface area contributed by atoms with Gasteiger partial charge in [-0.3, -0.25) is 9.59 Å².